The Hall–Kier alpha value is -1.10. The van der Waals surface area contributed by atoms with Crippen LogP contribution in [0.4, 0.5) is 0 Å². The van der Waals surface area contributed by atoms with Crippen LogP contribution in [0.5, 0.6) is 5.75 Å². The molecule has 1 atom stereocenters. The van der Waals surface area contributed by atoms with Crippen molar-refractivity contribution < 1.29 is 9.47 Å². The summed E-state index contributed by atoms with van der Waals surface area (Å²) in [6.07, 6.45) is 2.33. The highest BCUT2D eigenvalue weighted by molar-refractivity contribution is 5.30. The van der Waals surface area contributed by atoms with Crippen LogP contribution in [0.25, 0.3) is 0 Å². The Morgan fingerprint density at radius 2 is 2.05 bits per heavy atom. The number of rotatable bonds is 11. The molecule has 0 saturated carbocycles. The molecule has 120 valence electrons. The highest BCUT2D eigenvalue weighted by Gasteiger charge is 2.14. The standard InChI is InChI=1S/C17H30N2O2/c1-5-6-11-21-12-10-18-14-17(19(2)3)15-8-7-9-16(13-15)20-4/h7-9,13,17-18H,5-6,10-12,14H2,1-4H3. The second kappa shape index (κ2) is 10.6. The maximum absolute atomic E-state index is 5.56. The number of hydrogen-bond donors (Lipinski definition) is 1. The van der Waals surface area contributed by atoms with Gasteiger partial charge in [-0.2, -0.15) is 0 Å². The van der Waals surface area contributed by atoms with Crippen LogP contribution in [-0.2, 0) is 4.74 Å². The van der Waals surface area contributed by atoms with E-state index < -0.39 is 0 Å². The van der Waals surface area contributed by atoms with Gasteiger partial charge in [-0.25, -0.2) is 0 Å². The summed E-state index contributed by atoms with van der Waals surface area (Å²) in [6.45, 7) is 5.61. The lowest BCUT2D eigenvalue weighted by atomic mass is 10.1. The molecule has 1 rings (SSSR count). The molecule has 1 aromatic rings. The zero-order valence-electron chi connectivity index (χ0n) is 13.9. The highest BCUT2D eigenvalue weighted by Crippen LogP contribution is 2.21. The predicted octanol–water partition coefficient (Wildman–Crippen LogP) is 2.70. The van der Waals surface area contributed by atoms with Gasteiger partial charge in [-0.1, -0.05) is 25.5 Å². The van der Waals surface area contributed by atoms with Gasteiger partial charge in [0, 0.05) is 25.7 Å². The minimum Gasteiger partial charge on any atom is -0.497 e. The zero-order valence-corrected chi connectivity index (χ0v) is 13.9. The molecule has 0 radical (unpaired) electrons. The Balaban J connectivity index is 2.39. The van der Waals surface area contributed by atoms with Crippen LogP contribution in [0.15, 0.2) is 24.3 Å². The van der Waals surface area contributed by atoms with Gasteiger partial charge in [0.2, 0.25) is 0 Å². The summed E-state index contributed by atoms with van der Waals surface area (Å²) in [4.78, 5) is 2.22. The van der Waals surface area contributed by atoms with E-state index in [-0.39, 0.29) is 0 Å². The van der Waals surface area contributed by atoms with Crippen LogP contribution in [0.2, 0.25) is 0 Å². The maximum atomic E-state index is 5.56. The summed E-state index contributed by atoms with van der Waals surface area (Å²) < 4.78 is 10.9. The Labute approximate surface area is 129 Å². The van der Waals surface area contributed by atoms with Gasteiger partial charge in [-0.05, 0) is 38.2 Å². The van der Waals surface area contributed by atoms with Crippen molar-refractivity contribution in [2.24, 2.45) is 0 Å². The van der Waals surface area contributed by atoms with Crippen molar-refractivity contribution in [3.63, 3.8) is 0 Å². The molecule has 21 heavy (non-hydrogen) atoms. The van der Waals surface area contributed by atoms with Crippen molar-refractivity contribution in [1.82, 2.24) is 10.2 Å². The fourth-order valence-electron chi connectivity index (χ4n) is 2.18. The molecule has 0 fully saturated rings. The van der Waals surface area contributed by atoms with Gasteiger partial charge in [-0.3, -0.25) is 0 Å². The Bertz CT molecular complexity index is 383. The van der Waals surface area contributed by atoms with E-state index in [0.717, 1.165) is 38.5 Å². The van der Waals surface area contributed by atoms with Crippen molar-refractivity contribution in [3.8, 4) is 5.75 Å². The molecule has 4 nitrogen and oxygen atoms in total. The number of ether oxygens (including phenoxy) is 2. The number of nitrogens with zero attached hydrogens (tertiary/aromatic N) is 1. The Morgan fingerprint density at radius 1 is 1.24 bits per heavy atom. The minimum atomic E-state index is 0.329. The second-order valence-electron chi connectivity index (χ2n) is 5.43. The largest absolute Gasteiger partial charge is 0.497 e. The van der Waals surface area contributed by atoms with Crippen LogP contribution >= 0.6 is 0 Å². The molecule has 0 heterocycles. The summed E-state index contributed by atoms with van der Waals surface area (Å²) in [5, 5.41) is 3.47. The fourth-order valence-corrected chi connectivity index (χ4v) is 2.18. The number of methoxy groups -OCH3 is 1. The molecule has 0 amide bonds. The fraction of sp³-hybridized carbons (Fsp3) is 0.647. The van der Waals surface area contributed by atoms with Gasteiger partial charge in [0.25, 0.3) is 0 Å². The van der Waals surface area contributed by atoms with Crippen LogP contribution in [0.1, 0.15) is 31.4 Å². The van der Waals surface area contributed by atoms with Gasteiger partial charge in [0.15, 0.2) is 0 Å². The van der Waals surface area contributed by atoms with Crippen molar-refractivity contribution in [1.29, 1.82) is 0 Å². The zero-order chi connectivity index (χ0) is 15.5. The first-order valence-electron chi connectivity index (χ1n) is 7.77. The lowest BCUT2D eigenvalue weighted by molar-refractivity contribution is 0.131. The first-order valence-corrected chi connectivity index (χ1v) is 7.77. The summed E-state index contributed by atoms with van der Waals surface area (Å²) in [7, 11) is 5.91. The molecule has 0 aliphatic rings. The highest BCUT2D eigenvalue weighted by atomic mass is 16.5. The molecule has 1 aromatic carbocycles. The van der Waals surface area contributed by atoms with E-state index in [1.807, 2.05) is 12.1 Å². The van der Waals surface area contributed by atoms with E-state index >= 15 is 0 Å². The number of hydrogen-bond acceptors (Lipinski definition) is 4. The van der Waals surface area contributed by atoms with E-state index in [1.54, 1.807) is 7.11 Å². The Morgan fingerprint density at radius 3 is 2.71 bits per heavy atom. The first kappa shape index (κ1) is 18.0. The molecule has 0 saturated heterocycles. The van der Waals surface area contributed by atoms with E-state index in [0.29, 0.717) is 6.04 Å². The average Bonchev–Trinajstić information content (AvgIpc) is 2.49. The van der Waals surface area contributed by atoms with Crippen LogP contribution < -0.4 is 10.1 Å². The molecule has 4 heteroatoms. The summed E-state index contributed by atoms with van der Waals surface area (Å²) in [6, 6.07) is 8.59. The maximum Gasteiger partial charge on any atom is 0.119 e. The molecule has 1 unspecified atom stereocenters. The normalized spacial score (nSPS) is 12.6. The topological polar surface area (TPSA) is 33.7 Å². The number of nitrogens with one attached hydrogen (secondary N) is 1. The molecule has 0 spiro atoms. The third kappa shape index (κ3) is 6.93. The monoisotopic (exact) mass is 294 g/mol. The van der Waals surface area contributed by atoms with E-state index in [4.69, 9.17) is 9.47 Å². The van der Waals surface area contributed by atoms with Crippen molar-refractivity contribution in [3.05, 3.63) is 29.8 Å². The predicted molar refractivity (Wildman–Crippen MR) is 88.0 cm³/mol. The van der Waals surface area contributed by atoms with Crippen LogP contribution in [0, 0.1) is 0 Å². The first-order chi connectivity index (χ1) is 10.2. The second-order valence-corrected chi connectivity index (χ2v) is 5.43. The third-order valence-corrected chi connectivity index (χ3v) is 3.51. The molecule has 0 aliphatic heterocycles. The quantitative estimate of drug-likeness (QED) is 0.636. The molecule has 0 aliphatic carbocycles. The van der Waals surface area contributed by atoms with E-state index in [1.165, 1.54) is 12.0 Å². The van der Waals surface area contributed by atoms with Crippen LogP contribution in [0.3, 0.4) is 0 Å². The van der Waals surface area contributed by atoms with Gasteiger partial charge in [0.1, 0.15) is 5.75 Å². The third-order valence-electron chi connectivity index (χ3n) is 3.51. The number of benzene rings is 1. The smallest absolute Gasteiger partial charge is 0.119 e. The average molecular weight is 294 g/mol. The summed E-state index contributed by atoms with van der Waals surface area (Å²) >= 11 is 0. The molecular formula is C17H30N2O2. The van der Waals surface area contributed by atoms with Crippen molar-refractivity contribution in [2.75, 3.05) is 47.5 Å². The van der Waals surface area contributed by atoms with E-state index in [9.17, 15) is 0 Å². The molecule has 0 bridgehead atoms. The lowest BCUT2D eigenvalue weighted by Crippen LogP contribution is -2.32. The summed E-state index contributed by atoms with van der Waals surface area (Å²) in [5.41, 5.74) is 1.26. The molecule has 1 N–H and O–H groups in total. The van der Waals surface area contributed by atoms with Gasteiger partial charge in [-0.15, -0.1) is 0 Å². The SMILES string of the molecule is CCCCOCCNCC(c1cccc(OC)c1)N(C)C. The minimum absolute atomic E-state index is 0.329. The van der Waals surface area contributed by atoms with Gasteiger partial charge in [0.05, 0.1) is 13.7 Å². The van der Waals surface area contributed by atoms with Gasteiger partial charge < -0.3 is 19.7 Å². The summed E-state index contributed by atoms with van der Waals surface area (Å²) in [5.74, 6) is 0.905. The van der Waals surface area contributed by atoms with Gasteiger partial charge >= 0.3 is 0 Å². The Kier molecular flexibility index (Phi) is 9.06. The number of likely N-dealkylation sites (N-methyl/N-ethyl adjacent to an activating group) is 1. The van der Waals surface area contributed by atoms with Crippen molar-refractivity contribution >= 4 is 0 Å². The van der Waals surface area contributed by atoms with E-state index in [2.05, 4.69) is 43.4 Å². The lowest BCUT2D eigenvalue weighted by Gasteiger charge is -2.25. The number of unbranched alkanes of at least 4 members (excludes halogenated alkanes) is 1. The van der Waals surface area contributed by atoms with Crippen molar-refractivity contribution in [2.45, 2.75) is 25.8 Å². The van der Waals surface area contributed by atoms with Crippen LogP contribution in [-0.4, -0.2) is 52.4 Å². The molecule has 0 aromatic heterocycles. The molecular weight excluding hydrogens is 264 g/mol.